The van der Waals surface area contributed by atoms with Crippen molar-refractivity contribution in [2.24, 2.45) is 0 Å². The van der Waals surface area contributed by atoms with Gasteiger partial charge < -0.3 is 18.8 Å². The first-order valence-electron chi connectivity index (χ1n) is 8.14. The van der Waals surface area contributed by atoms with E-state index in [1.54, 1.807) is 12.1 Å². The van der Waals surface area contributed by atoms with Gasteiger partial charge in [0.2, 0.25) is 5.75 Å². The maximum absolute atomic E-state index is 11.8. The molecular formula is C18H21NO4. The van der Waals surface area contributed by atoms with Crippen LogP contribution in [0.25, 0.3) is 11.0 Å². The minimum Gasteiger partial charge on any atom is -0.490 e. The third kappa shape index (κ3) is 2.59. The number of rotatable bonds is 3. The third-order valence-electron chi connectivity index (χ3n) is 5.25. The number of methoxy groups -OCH3 is 1. The number of piperidine rings is 1. The predicted molar refractivity (Wildman–Crippen MR) is 87.3 cm³/mol. The SMILES string of the molecule is COc1cc2ccc(OC3CC4CCC(C3)N4C)cc2oc1=O. The van der Waals surface area contributed by atoms with E-state index in [0.29, 0.717) is 17.7 Å². The molecule has 0 amide bonds. The van der Waals surface area contributed by atoms with E-state index in [9.17, 15) is 4.79 Å². The van der Waals surface area contributed by atoms with Gasteiger partial charge in [0.25, 0.3) is 0 Å². The van der Waals surface area contributed by atoms with Crippen molar-refractivity contribution in [3.05, 3.63) is 34.7 Å². The lowest BCUT2D eigenvalue weighted by atomic mass is 10.0. The Morgan fingerprint density at radius 1 is 1.17 bits per heavy atom. The molecule has 0 radical (unpaired) electrons. The summed E-state index contributed by atoms with van der Waals surface area (Å²) in [6, 6.07) is 8.61. The van der Waals surface area contributed by atoms with Crippen LogP contribution in [0.1, 0.15) is 25.7 Å². The second-order valence-electron chi connectivity index (χ2n) is 6.56. The zero-order valence-electron chi connectivity index (χ0n) is 13.5. The van der Waals surface area contributed by atoms with Gasteiger partial charge in [-0.3, -0.25) is 0 Å². The summed E-state index contributed by atoms with van der Waals surface area (Å²) in [5, 5.41) is 0.831. The Morgan fingerprint density at radius 3 is 2.61 bits per heavy atom. The van der Waals surface area contributed by atoms with Crippen LogP contribution in [-0.2, 0) is 0 Å². The van der Waals surface area contributed by atoms with Crippen molar-refractivity contribution in [3.63, 3.8) is 0 Å². The van der Waals surface area contributed by atoms with Crippen LogP contribution in [-0.4, -0.2) is 37.2 Å². The first-order valence-corrected chi connectivity index (χ1v) is 8.14. The molecule has 0 spiro atoms. The number of benzene rings is 1. The van der Waals surface area contributed by atoms with Crippen molar-refractivity contribution >= 4 is 11.0 Å². The molecule has 2 bridgehead atoms. The molecule has 5 heteroatoms. The van der Waals surface area contributed by atoms with Gasteiger partial charge in [-0.25, -0.2) is 4.79 Å². The molecule has 122 valence electrons. The van der Waals surface area contributed by atoms with Crippen LogP contribution in [0.2, 0.25) is 0 Å². The second-order valence-corrected chi connectivity index (χ2v) is 6.56. The van der Waals surface area contributed by atoms with Gasteiger partial charge in [-0.05, 0) is 50.9 Å². The van der Waals surface area contributed by atoms with Crippen LogP contribution < -0.4 is 15.1 Å². The minimum absolute atomic E-state index is 0.220. The molecule has 5 nitrogen and oxygen atoms in total. The number of nitrogens with zero attached hydrogens (tertiary/aromatic N) is 1. The molecule has 2 aliphatic rings. The quantitative estimate of drug-likeness (QED) is 0.815. The van der Waals surface area contributed by atoms with Gasteiger partial charge in [-0.15, -0.1) is 0 Å². The molecule has 1 aromatic heterocycles. The Bertz CT molecular complexity index is 770. The third-order valence-corrected chi connectivity index (χ3v) is 5.25. The molecule has 0 N–H and O–H groups in total. The van der Waals surface area contributed by atoms with Crippen LogP contribution in [0.5, 0.6) is 11.5 Å². The average molecular weight is 315 g/mol. The molecule has 4 rings (SSSR count). The summed E-state index contributed by atoms with van der Waals surface area (Å²) in [5.41, 5.74) is 0.0682. The molecule has 2 fully saturated rings. The molecule has 2 aliphatic heterocycles. The maximum atomic E-state index is 11.8. The smallest absolute Gasteiger partial charge is 0.379 e. The monoisotopic (exact) mass is 315 g/mol. The number of fused-ring (bicyclic) bond motifs is 3. The summed E-state index contributed by atoms with van der Waals surface area (Å²) >= 11 is 0. The standard InChI is InChI=1S/C18H21NO4/c1-19-12-4-5-13(19)9-15(8-12)22-14-6-3-11-7-17(21-2)18(20)23-16(11)10-14/h3,6-7,10,12-13,15H,4-5,8-9H2,1-2H3. The van der Waals surface area contributed by atoms with Crippen molar-refractivity contribution in [2.45, 2.75) is 43.9 Å². The summed E-state index contributed by atoms with van der Waals surface area (Å²) in [5.74, 6) is 0.984. The van der Waals surface area contributed by atoms with Crippen LogP contribution >= 0.6 is 0 Å². The molecule has 2 aromatic rings. The second kappa shape index (κ2) is 5.57. The number of hydrogen-bond acceptors (Lipinski definition) is 5. The summed E-state index contributed by atoms with van der Waals surface area (Å²) in [7, 11) is 3.68. The van der Waals surface area contributed by atoms with Gasteiger partial charge in [-0.2, -0.15) is 0 Å². The molecular weight excluding hydrogens is 294 g/mol. The van der Waals surface area contributed by atoms with Gasteiger partial charge in [0.1, 0.15) is 17.4 Å². The van der Waals surface area contributed by atoms with Gasteiger partial charge in [-0.1, -0.05) is 0 Å². The van der Waals surface area contributed by atoms with E-state index in [-0.39, 0.29) is 11.9 Å². The minimum atomic E-state index is -0.463. The van der Waals surface area contributed by atoms with Crippen molar-refractivity contribution in [3.8, 4) is 11.5 Å². The van der Waals surface area contributed by atoms with E-state index in [1.807, 2.05) is 12.1 Å². The Hall–Kier alpha value is -2.01. The van der Waals surface area contributed by atoms with E-state index < -0.39 is 5.63 Å². The molecule has 2 saturated heterocycles. The molecule has 23 heavy (non-hydrogen) atoms. The largest absolute Gasteiger partial charge is 0.490 e. The van der Waals surface area contributed by atoms with E-state index in [2.05, 4.69) is 11.9 Å². The van der Waals surface area contributed by atoms with Gasteiger partial charge >= 0.3 is 5.63 Å². The van der Waals surface area contributed by atoms with Gasteiger partial charge in [0, 0.05) is 23.5 Å². The zero-order chi connectivity index (χ0) is 16.0. The molecule has 0 saturated carbocycles. The summed E-state index contributed by atoms with van der Waals surface area (Å²) < 4.78 is 16.5. The fraction of sp³-hybridized carbons (Fsp3) is 0.500. The highest BCUT2D eigenvalue weighted by molar-refractivity contribution is 5.79. The van der Waals surface area contributed by atoms with E-state index in [1.165, 1.54) is 20.0 Å². The van der Waals surface area contributed by atoms with Crippen LogP contribution in [0, 0.1) is 0 Å². The Morgan fingerprint density at radius 2 is 1.91 bits per heavy atom. The summed E-state index contributed by atoms with van der Waals surface area (Å²) in [6.45, 7) is 0. The summed E-state index contributed by atoms with van der Waals surface area (Å²) in [6.07, 6.45) is 4.92. The van der Waals surface area contributed by atoms with Crippen molar-refractivity contribution in [2.75, 3.05) is 14.2 Å². The lowest BCUT2D eigenvalue weighted by molar-refractivity contribution is 0.0662. The first-order chi connectivity index (χ1) is 11.1. The number of hydrogen-bond donors (Lipinski definition) is 0. The van der Waals surface area contributed by atoms with Gasteiger partial charge in [0.05, 0.1) is 7.11 Å². The maximum Gasteiger partial charge on any atom is 0.379 e. The Labute approximate surface area is 134 Å². The van der Waals surface area contributed by atoms with Crippen molar-refractivity contribution < 1.29 is 13.9 Å². The van der Waals surface area contributed by atoms with E-state index in [4.69, 9.17) is 13.9 Å². The van der Waals surface area contributed by atoms with E-state index >= 15 is 0 Å². The lowest BCUT2D eigenvalue weighted by Crippen LogP contribution is -2.43. The zero-order valence-corrected chi connectivity index (χ0v) is 13.5. The topological polar surface area (TPSA) is 51.9 Å². The fourth-order valence-corrected chi connectivity index (χ4v) is 3.94. The molecule has 2 atom stereocenters. The Kier molecular flexibility index (Phi) is 3.53. The van der Waals surface area contributed by atoms with Crippen molar-refractivity contribution in [1.82, 2.24) is 4.90 Å². The van der Waals surface area contributed by atoms with Crippen LogP contribution in [0.4, 0.5) is 0 Å². The first kappa shape index (κ1) is 14.6. The summed E-state index contributed by atoms with van der Waals surface area (Å²) in [4.78, 5) is 14.2. The Balaban J connectivity index is 1.57. The highest BCUT2D eigenvalue weighted by Gasteiger charge is 2.39. The number of ether oxygens (including phenoxy) is 2. The highest BCUT2D eigenvalue weighted by Crippen LogP contribution is 2.36. The average Bonchev–Trinajstić information content (AvgIpc) is 2.75. The predicted octanol–water partition coefficient (Wildman–Crippen LogP) is 2.81. The van der Waals surface area contributed by atoms with Crippen molar-refractivity contribution in [1.29, 1.82) is 0 Å². The highest BCUT2D eigenvalue weighted by atomic mass is 16.5. The fourth-order valence-electron chi connectivity index (χ4n) is 3.94. The molecule has 2 unspecified atom stereocenters. The molecule has 0 aliphatic carbocycles. The van der Waals surface area contributed by atoms with Crippen LogP contribution in [0.3, 0.4) is 0 Å². The normalized spacial score (nSPS) is 27.3. The van der Waals surface area contributed by atoms with E-state index in [0.717, 1.165) is 24.0 Å². The lowest BCUT2D eigenvalue weighted by Gasteiger charge is -2.36. The van der Waals surface area contributed by atoms with Crippen LogP contribution in [0.15, 0.2) is 33.5 Å². The molecule has 3 heterocycles. The molecule has 1 aromatic carbocycles. The van der Waals surface area contributed by atoms with Gasteiger partial charge in [0.15, 0.2) is 0 Å².